The van der Waals surface area contributed by atoms with E-state index in [1.54, 1.807) is 0 Å². The van der Waals surface area contributed by atoms with Crippen molar-refractivity contribution in [1.82, 2.24) is 5.32 Å². The van der Waals surface area contributed by atoms with Crippen LogP contribution in [-0.4, -0.2) is 35.9 Å². The lowest BCUT2D eigenvalue weighted by Gasteiger charge is -2.23. The quantitative estimate of drug-likeness (QED) is 0.618. The molecule has 1 rings (SSSR count). The Bertz CT molecular complexity index is 426. The Morgan fingerprint density at radius 1 is 0.833 bits per heavy atom. The average Bonchev–Trinajstić information content (AvgIpc) is 2.45. The normalized spacial score (nSPS) is 16.2. The van der Waals surface area contributed by atoms with E-state index in [0.29, 0.717) is 6.04 Å². The maximum atomic E-state index is 11.3. The highest BCUT2D eigenvalue weighted by Crippen LogP contribution is 2.24. The minimum Gasteiger partial charge on any atom is -0.353 e. The number of rotatable bonds is 3. The fourth-order valence-electron chi connectivity index (χ4n) is 1.87. The minimum absolute atomic E-state index is 0.131. The SMILES string of the molecule is CC(C)C(=O)NC1CCCCC1.O=C(C(=O)C(F)(F)F)C(F)(F)F. The predicted octanol–water partition coefficient (Wildman–Crippen LogP) is 3.34. The van der Waals surface area contributed by atoms with Gasteiger partial charge in [0.25, 0.3) is 0 Å². The van der Waals surface area contributed by atoms with Crippen molar-refractivity contribution in [2.24, 2.45) is 5.92 Å². The number of nitrogens with one attached hydrogen (secondary N) is 1. The molecule has 0 saturated heterocycles. The van der Waals surface area contributed by atoms with Crippen molar-refractivity contribution in [2.75, 3.05) is 0 Å². The molecule has 10 heteroatoms. The van der Waals surface area contributed by atoms with Gasteiger partial charge in [0.05, 0.1) is 0 Å². The standard InChI is InChI=1S/C10H19NO.C4F6O2/c1-8(2)10(12)11-9-6-4-3-5-7-9;5-3(6,7)1(11)2(12)4(8,9)10/h8-9H,3-7H2,1-2H3,(H,11,12);. The zero-order valence-electron chi connectivity index (χ0n) is 13.2. The fourth-order valence-corrected chi connectivity index (χ4v) is 1.87. The van der Waals surface area contributed by atoms with Crippen LogP contribution < -0.4 is 5.32 Å². The lowest BCUT2D eigenvalue weighted by molar-refractivity contribution is -0.193. The molecule has 0 heterocycles. The highest BCUT2D eigenvalue weighted by atomic mass is 19.4. The first-order valence-electron chi connectivity index (χ1n) is 7.29. The van der Waals surface area contributed by atoms with Gasteiger partial charge in [-0.15, -0.1) is 0 Å². The first kappa shape index (κ1) is 22.4. The second-order valence-corrected chi connectivity index (χ2v) is 5.65. The van der Waals surface area contributed by atoms with E-state index in [-0.39, 0.29) is 11.8 Å². The van der Waals surface area contributed by atoms with Gasteiger partial charge in [-0.25, -0.2) is 0 Å². The molecule has 0 aromatic rings. The van der Waals surface area contributed by atoms with E-state index in [1.165, 1.54) is 32.1 Å². The molecule has 0 aromatic heterocycles. The van der Waals surface area contributed by atoms with Crippen molar-refractivity contribution in [3.63, 3.8) is 0 Å². The molecule has 1 saturated carbocycles. The van der Waals surface area contributed by atoms with Crippen molar-refractivity contribution in [3.05, 3.63) is 0 Å². The van der Waals surface area contributed by atoms with Crippen molar-refractivity contribution >= 4 is 17.5 Å². The third-order valence-corrected chi connectivity index (χ3v) is 3.20. The third kappa shape index (κ3) is 8.30. The second kappa shape index (κ2) is 9.03. The number of alkyl halides is 6. The van der Waals surface area contributed by atoms with Gasteiger partial charge in [0.2, 0.25) is 5.91 Å². The summed E-state index contributed by atoms with van der Waals surface area (Å²) in [5.74, 6) is -6.47. The van der Waals surface area contributed by atoms with Gasteiger partial charge in [0, 0.05) is 12.0 Å². The van der Waals surface area contributed by atoms with E-state index in [9.17, 15) is 40.7 Å². The maximum absolute atomic E-state index is 11.3. The Labute approximate surface area is 135 Å². The summed E-state index contributed by atoms with van der Waals surface area (Å²) in [6.07, 6.45) is -5.28. The summed E-state index contributed by atoms with van der Waals surface area (Å²) in [6.45, 7) is 3.89. The molecule has 1 amide bonds. The zero-order chi connectivity index (χ0) is 19.1. The summed E-state index contributed by atoms with van der Waals surface area (Å²) in [6, 6.07) is 0.466. The number of carbonyl (C=O) groups is 3. The van der Waals surface area contributed by atoms with Gasteiger partial charge in [-0.1, -0.05) is 33.1 Å². The van der Waals surface area contributed by atoms with E-state index >= 15 is 0 Å². The number of Topliss-reactive ketones (excluding diaryl/α,β-unsaturated/α-hetero) is 2. The van der Waals surface area contributed by atoms with Crippen LogP contribution in [0.2, 0.25) is 0 Å². The maximum Gasteiger partial charge on any atom is 0.458 e. The molecule has 0 spiro atoms. The van der Waals surface area contributed by atoms with Crippen LogP contribution in [0.5, 0.6) is 0 Å². The topological polar surface area (TPSA) is 63.2 Å². The Kier molecular flexibility index (Phi) is 8.42. The first-order valence-corrected chi connectivity index (χ1v) is 7.29. The number of carbonyl (C=O) groups excluding carboxylic acids is 3. The Morgan fingerprint density at radius 3 is 1.50 bits per heavy atom. The average molecular weight is 363 g/mol. The van der Waals surface area contributed by atoms with Gasteiger partial charge < -0.3 is 5.32 Å². The summed E-state index contributed by atoms with van der Waals surface area (Å²) < 4.78 is 67.0. The van der Waals surface area contributed by atoms with Gasteiger partial charge in [-0.3, -0.25) is 14.4 Å². The van der Waals surface area contributed by atoms with Gasteiger partial charge in [-0.05, 0) is 12.8 Å². The number of halogens is 6. The summed E-state index contributed by atoms with van der Waals surface area (Å²) >= 11 is 0. The molecule has 1 N–H and O–H groups in total. The van der Waals surface area contributed by atoms with Crippen LogP contribution in [0.15, 0.2) is 0 Å². The zero-order valence-corrected chi connectivity index (χ0v) is 13.2. The molecule has 0 unspecified atom stereocenters. The molecule has 24 heavy (non-hydrogen) atoms. The molecule has 1 aliphatic rings. The van der Waals surface area contributed by atoms with Crippen LogP contribution in [0.25, 0.3) is 0 Å². The summed E-state index contributed by atoms with van der Waals surface area (Å²) in [7, 11) is 0. The largest absolute Gasteiger partial charge is 0.458 e. The summed E-state index contributed by atoms with van der Waals surface area (Å²) in [5.41, 5.74) is 0. The van der Waals surface area contributed by atoms with Crippen LogP contribution in [-0.2, 0) is 14.4 Å². The number of hydrogen-bond acceptors (Lipinski definition) is 3. The predicted molar refractivity (Wildman–Crippen MR) is 72.0 cm³/mol. The first-order chi connectivity index (χ1) is 10.8. The van der Waals surface area contributed by atoms with Crippen LogP contribution in [0.3, 0.4) is 0 Å². The molecule has 1 aliphatic carbocycles. The van der Waals surface area contributed by atoms with Crippen molar-refractivity contribution < 1.29 is 40.7 Å². The monoisotopic (exact) mass is 363 g/mol. The molecule has 0 aliphatic heterocycles. The number of amides is 1. The van der Waals surface area contributed by atoms with E-state index in [0.717, 1.165) is 0 Å². The molecular weight excluding hydrogens is 344 g/mol. The lowest BCUT2D eigenvalue weighted by atomic mass is 9.95. The molecule has 0 bridgehead atoms. The smallest absolute Gasteiger partial charge is 0.353 e. The van der Waals surface area contributed by atoms with Gasteiger partial charge in [0.1, 0.15) is 0 Å². The van der Waals surface area contributed by atoms with Gasteiger partial charge in [-0.2, -0.15) is 26.3 Å². The van der Waals surface area contributed by atoms with Gasteiger partial charge >= 0.3 is 23.9 Å². The minimum atomic E-state index is -5.77. The lowest BCUT2D eigenvalue weighted by Crippen LogP contribution is -2.39. The third-order valence-electron chi connectivity index (χ3n) is 3.20. The van der Waals surface area contributed by atoms with E-state index in [2.05, 4.69) is 5.32 Å². The number of ketones is 2. The van der Waals surface area contributed by atoms with Crippen molar-refractivity contribution in [1.29, 1.82) is 0 Å². The second-order valence-electron chi connectivity index (χ2n) is 5.65. The van der Waals surface area contributed by atoms with Gasteiger partial charge in [0.15, 0.2) is 0 Å². The fraction of sp³-hybridized carbons (Fsp3) is 0.786. The molecule has 4 nitrogen and oxygen atoms in total. The van der Waals surface area contributed by atoms with Crippen LogP contribution in [0, 0.1) is 5.92 Å². The van der Waals surface area contributed by atoms with E-state index in [1.807, 2.05) is 13.8 Å². The van der Waals surface area contributed by atoms with E-state index < -0.39 is 23.9 Å². The molecule has 0 atom stereocenters. The summed E-state index contributed by atoms with van der Waals surface area (Å²) in [4.78, 5) is 30.5. The number of hydrogen-bond donors (Lipinski definition) is 1. The van der Waals surface area contributed by atoms with Crippen molar-refractivity contribution in [3.8, 4) is 0 Å². The Balaban J connectivity index is 0.000000441. The van der Waals surface area contributed by atoms with Crippen LogP contribution in [0.4, 0.5) is 26.3 Å². The highest BCUT2D eigenvalue weighted by molar-refractivity contribution is 6.41. The summed E-state index contributed by atoms with van der Waals surface area (Å²) in [5, 5.41) is 3.08. The Morgan fingerprint density at radius 2 is 1.21 bits per heavy atom. The molecule has 0 radical (unpaired) electrons. The Hall–Kier alpha value is -1.61. The van der Waals surface area contributed by atoms with E-state index in [4.69, 9.17) is 0 Å². The van der Waals surface area contributed by atoms with Crippen LogP contribution in [0.1, 0.15) is 46.0 Å². The highest BCUT2D eigenvalue weighted by Gasteiger charge is 2.54. The molecule has 140 valence electrons. The van der Waals surface area contributed by atoms with Crippen molar-refractivity contribution in [2.45, 2.75) is 64.3 Å². The van der Waals surface area contributed by atoms with Crippen LogP contribution >= 0.6 is 0 Å². The molecule has 0 aromatic carbocycles. The molecule has 1 fully saturated rings. The molecular formula is C14H19F6NO3.